The van der Waals surface area contributed by atoms with E-state index in [-0.39, 0.29) is 9.81 Å². The number of hydrogen-bond donors (Lipinski definition) is 0. The summed E-state index contributed by atoms with van der Waals surface area (Å²) in [4.78, 5) is 58.9. The van der Waals surface area contributed by atoms with Crippen molar-refractivity contribution >= 4 is 53.4 Å². The summed E-state index contributed by atoms with van der Waals surface area (Å²) in [6, 6.07) is 1.75. The third kappa shape index (κ3) is 8.54. The first-order valence-electron chi connectivity index (χ1n) is 9.68. The van der Waals surface area contributed by atoms with Gasteiger partial charge in [-0.2, -0.15) is 5.26 Å². The van der Waals surface area contributed by atoms with Gasteiger partial charge in [-0.25, -0.2) is 4.79 Å². The van der Waals surface area contributed by atoms with E-state index in [1.807, 2.05) is 0 Å². The molecular weight excluding hydrogens is 494 g/mol. The maximum atomic E-state index is 12.0. The SMILES string of the molecule is COC(=O)/C(C#N)=C(\SC)S[C@@H]1O[C@H](COC(C)=O)[C@H](OC(C)=O)[C@H](OC(C)=O)[C@H]1OC(C)=O. The minimum Gasteiger partial charge on any atom is -0.465 e. The summed E-state index contributed by atoms with van der Waals surface area (Å²) in [6.07, 6.45) is -3.55. The van der Waals surface area contributed by atoms with E-state index in [1.165, 1.54) is 0 Å². The molecule has 0 spiro atoms. The number of hydrogen-bond acceptors (Lipinski definition) is 14. The predicted molar refractivity (Wildman–Crippen MR) is 118 cm³/mol. The van der Waals surface area contributed by atoms with Gasteiger partial charge in [0.1, 0.15) is 24.2 Å². The van der Waals surface area contributed by atoms with Gasteiger partial charge in [0, 0.05) is 27.7 Å². The van der Waals surface area contributed by atoms with Crippen LogP contribution in [-0.4, -0.2) is 79.7 Å². The van der Waals surface area contributed by atoms with E-state index in [4.69, 9.17) is 23.7 Å². The molecule has 0 aromatic carbocycles. The zero-order valence-electron chi connectivity index (χ0n) is 19.3. The van der Waals surface area contributed by atoms with Crippen LogP contribution in [0.15, 0.2) is 9.81 Å². The predicted octanol–water partition coefficient (Wildman–Crippen LogP) is 1.07. The molecular formula is C20H25NO11S2. The summed E-state index contributed by atoms with van der Waals surface area (Å²) in [6.45, 7) is 4.09. The van der Waals surface area contributed by atoms with Gasteiger partial charge in [-0.15, -0.1) is 11.8 Å². The zero-order chi connectivity index (χ0) is 26.0. The van der Waals surface area contributed by atoms with Gasteiger partial charge in [0.15, 0.2) is 23.9 Å². The van der Waals surface area contributed by atoms with E-state index in [0.717, 1.165) is 58.3 Å². The van der Waals surface area contributed by atoms with Gasteiger partial charge >= 0.3 is 29.8 Å². The highest BCUT2D eigenvalue weighted by molar-refractivity contribution is 8.22. The molecule has 0 aromatic rings. The van der Waals surface area contributed by atoms with Crippen LogP contribution in [0.4, 0.5) is 0 Å². The second-order valence-corrected chi connectivity index (χ2v) is 8.84. The normalized spacial score (nSPS) is 24.6. The Morgan fingerprint density at radius 3 is 1.85 bits per heavy atom. The first-order chi connectivity index (χ1) is 15.9. The van der Waals surface area contributed by atoms with Crippen LogP contribution >= 0.6 is 23.5 Å². The molecule has 1 saturated heterocycles. The van der Waals surface area contributed by atoms with Gasteiger partial charge in [0.05, 0.1) is 11.3 Å². The highest BCUT2D eigenvalue weighted by Gasteiger charge is 2.52. The molecule has 0 unspecified atom stereocenters. The minimum atomic E-state index is -1.36. The Balaban J connectivity index is 3.57. The minimum absolute atomic E-state index is 0.162. The number of carbonyl (C=O) groups is 5. The molecule has 14 heteroatoms. The summed E-state index contributed by atoms with van der Waals surface area (Å²) >= 11 is 1.86. The maximum absolute atomic E-state index is 12.0. The smallest absolute Gasteiger partial charge is 0.350 e. The lowest BCUT2D eigenvalue weighted by Crippen LogP contribution is -2.61. The third-order valence-corrected chi connectivity index (χ3v) is 6.46. The van der Waals surface area contributed by atoms with Crippen molar-refractivity contribution in [3.63, 3.8) is 0 Å². The third-order valence-electron chi connectivity index (χ3n) is 4.06. The fraction of sp³-hybridized carbons (Fsp3) is 0.600. The number of thioether (sulfide) groups is 2. The molecule has 0 radical (unpaired) electrons. The Kier molecular flexibility index (Phi) is 11.9. The standard InChI is InChI=1S/C20H25NO11S2/c1-9(22)28-8-14-15(29-10(2)23)16(30-11(3)24)17(31-12(4)25)19(32-14)34-20(33-6)13(7-21)18(26)27-5/h14-17,19H,8H2,1-6H3/b20-13+/t14-,15+,16+,17-,19+/m1/s1. The summed E-state index contributed by atoms with van der Waals surface area (Å²) in [5.74, 6) is -3.84. The van der Waals surface area contributed by atoms with Gasteiger partial charge in [0.2, 0.25) is 0 Å². The fourth-order valence-corrected chi connectivity index (χ4v) is 4.88. The number of carbonyl (C=O) groups excluding carboxylic acids is 5. The van der Waals surface area contributed by atoms with Crippen molar-refractivity contribution in [1.82, 2.24) is 0 Å². The van der Waals surface area contributed by atoms with Crippen LogP contribution in [-0.2, 0) is 52.4 Å². The van der Waals surface area contributed by atoms with Crippen LogP contribution < -0.4 is 0 Å². The number of methoxy groups -OCH3 is 1. The Morgan fingerprint density at radius 1 is 0.882 bits per heavy atom. The molecule has 1 rings (SSSR count). The number of nitrogens with zero attached hydrogens (tertiary/aromatic N) is 1. The van der Waals surface area contributed by atoms with E-state index in [0.29, 0.717) is 0 Å². The van der Waals surface area contributed by atoms with Crippen molar-refractivity contribution < 1.29 is 52.4 Å². The van der Waals surface area contributed by atoms with Crippen LogP contribution in [0, 0.1) is 11.3 Å². The molecule has 34 heavy (non-hydrogen) atoms. The summed E-state index contributed by atoms with van der Waals surface area (Å²) in [7, 11) is 1.11. The number of esters is 5. The largest absolute Gasteiger partial charge is 0.465 e. The quantitative estimate of drug-likeness (QED) is 0.184. The highest BCUT2D eigenvalue weighted by atomic mass is 32.2. The molecule has 5 atom stereocenters. The average Bonchev–Trinajstić information content (AvgIpc) is 2.74. The highest BCUT2D eigenvalue weighted by Crippen LogP contribution is 2.41. The molecule has 1 aliphatic heterocycles. The van der Waals surface area contributed by atoms with E-state index >= 15 is 0 Å². The lowest BCUT2D eigenvalue weighted by Gasteiger charge is -2.44. The molecule has 0 amide bonds. The Morgan fingerprint density at radius 2 is 1.41 bits per heavy atom. The van der Waals surface area contributed by atoms with Gasteiger partial charge in [-0.05, 0) is 6.26 Å². The summed E-state index contributed by atoms with van der Waals surface area (Å²) in [5.41, 5.74) is -1.50. The molecule has 0 bridgehead atoms. The van der Waals surface area contributed by atoms with Gasteiger partial charge in [0.25, 0.3) is 0 Å². The summed E-state index contributed by atoms with van der Waals surface area (Å²) < 4.78 is 31.7. The molecule has 1 heterocycles. The maximum Gasteiger partial charge on any atom is 0.350 e. The van der Waals surface area contributed by atoms with Crippen LogP contribution in [0.5, 0.6) is 0 Å². The lowest BCUT2D eigenvalue weighted by molar-refractivity contribution is -0.237. The van der Waals surface area contributed by atoms with Crippen molar-refractivity contribution in [3.8, 4) is 6.07 Å². The topological polar surface area (TPSA) is 165 Å². The Labute approximate surface area is 204 Å². The van der Waals surface area contributed by atoms with Gasteiger partial charge < -0.3 is 28.4 Å². The zero-order valence-corrected chi connectivity index (χ0v) is 21.0. The van der Waals surface area contributed by atoms with Crippen LogP contribution in [0.2, 0.25) is 0 Å². The van der Waals surface area contributed by atoms with E-state index in [2.05, 4.69) is 4.74 Å². The van der Waals surface area contributed by atoms with Crippen molar-refractivity contribution in [3.05, 3.63) is 9.81 Å². The average molecular weight is 520 g/mol. The first kappa shape index (κ1) is 29.3. The molecule has 188 valence electrons. The second kappa shape index (κ2) is 13.8. The number of nitriles is 1. The monoisotopic (exact) mass is 519 g/mol. The Bertz CT molecular complexity index is 882. The first-order valence-corrected chi connectivity index (χ1v) is 11.8. The van der Waals surface area contributed by atoms with Crippen LogP contribution in [0.25, 0.3) is 0 Å². The lowest BCUT2D eigenvalue weighted by atomic mass is 9.99. The van der Waals surface area contributed by atoms with Crippen molar-refractivity contribution in [1.29, 1.82) is 5.26 Å². The Hall–Kier alpha value is -2.76. The van der Waals surface area contributed by atoms with Crippen LogP contribution in [0.1, 0.15) is 27.7 Å². The van der Waals surface area contributed by atoms with Crippen molar-refractivity contribution in [2.75, 3.05) is 20.0 Å². The summed E-state index contributed by atoms with van der Waals surface area (Å²) in [5, 5.41) is 9.43. The molecule has 0 N–H and O–H groups in total. The van der Waals surface area contributed by atoms with Gasteiger partial charge in [-0.1, -0.05) is 11.8 Å². The molecule has 0 saturated carbocycles. The molecule has 1 aliphatic rings. The number of ether oxygens (including phenoxy) is 6. The molecule has 0 aliphatic carbocycles. The van der Waals surface area contributed by atoms with E-state index in [9.17, 15) is 29.2 Å². The van der Waals surface area contributed by atoms with E-state index < -0.39 is 66.3 Å². The molecule has 0 aromatic heterocycles. The van der Waals surface area contributed by atoms with Crippen molar-refractivity contribution in [2.45, 2.75) is 57.5 Å². The second-order valence-electron chi connectivity index (χ2n) is 6.66. The number of rotatable bonds is 9. The fourth-order valence-electron chi connectivity index (χ4n) is 2.87. The van der Waals surface area contributed by atoms with Crippen molar-refractivity contribution in [2.24, 2.45) is 0 Å². The molecule has 1 fully saturated rings. The van der Waals surface area contributed by atoms with Crippen LogP contribution in [0.3, 0.4) is 0 Å². The molecule has 12 nitrogen and oxygen atoms in total. The van der Waals surface area contributed by atoms with Gasteiger partial charge in [-0.3, -0.25) is 19.2 Å². The van der Waals surface area contributed by atoms with E-state index in [1.54, 1.807) is 12.3 Å².